The predicted octanol–water partition coefficient (Wildman–Crippen LogP) is 2.62. The van der Waals surface area contributed by atoms with Crippen molar-refractivity contribution in [1.29, 1.82) is 0 Å². The highest BCUT2D eigenvalue weighted by Gasteiger charge is 2.35. The molecule has 0 unspecified atom stereocenters. The fraction of sp³-hybridized carbons (Fsp3) is 0.360. The number of fused-ring (bicyclic) bond motifs is 3. The third-order valence-corrected chi connectivity index (χ3v) is 6.30. The van der Waals surface area contributed by atoms with E-state index in [2.05, 4.69) is 0 Å². The lowest BCUT2D eigenvalue weighted by molar-refractivity contribution is -0.135. The molecule has 2 aromatic carbocycles. The van der Waals surface area contributed by atoms with Gasteiger partial charge in [0.15, 0.2) is 6.10 Å². The van der Waals surface area contributed by atoms with E-state index in [0.29, 0.717) is 34.4 Å². The number of ether oxygens (including phenoxy) is 1. The van der Waals surface area contributed by atoms with Gasteiger partial charge in [0.2, 0.25) is 0 Å². The summed E-state index contributed by atoms with van der Waals surface area (Å²) >= 11 is 0. The lowest BCUT2D eigenvalue weighted by Crippen LogP contribution is -2.50. The van der Waals surface area contributed by atoms with Gasteiger partial charge >= 0.3 is 0 Å². The molecule has 0 spiro atoms. The van der Waals surface area contributed by atoms with Gasteiger partial charge in [-0.3, -0.25) is 19.0 Å². The molecule has 0 fully saturated rings. The van der Waals surface area contributed by atoms with E-state index >= 15 is 0 Å². The van der Waals surface area contributed by atoms with Crippen LogP contribution in [0.5, 0.6) is 5.75 Å². The summed E-state index contributed by atoms with van der Waals surface area (Å²) in [4.78, 5) is 47.0. The van der Waals surface area contributed by atoms with E-state index in [1.807, 2.05) is 12.1 Å². The SMILES string of the molecule is CN(C)C(=O)[C@H]1CN(C(=O)c2ccc3c(=O)n4c(nc3c2)CCCCC4)c2ccccc2O1. The van der Waals surface area contributed by atoms with Gasteiger partial charge in [0.25, 0.3) is 17.4 Å². The van der Waals surface area contributed by atoms with Crippen LogP contribution in [0.25, 0.3) is 10.9 Å². The number of anilines is 1. The highest BCUT2D eigenvalue weighted by atomic mass is 16.5. The van der Waals surface area contributed by atoms with Crippen molar-refractivity contribution in [3.8, 4) is 5.75 Å². The molecule has 2 amide bonds. The summed E-state index contributed by atoms with van der Waals surface area (Å²) in [5, 5.41) is 0.514. The van der Waals surface area contributed by atoms with Crippen LogP contribution in [0.2, 0.25) is 0 Å². The van der Waals surface area contributed by atoms with Crippen molar-refractivity contribution in [2.24, 2.45) is 0 Å². The van der Waals surface area contributed by atoms with E-state index in [1.54, 1.807) is 53.9 Å². The van der Waals surface area contributed by atoms with Crippen LogP contribution in [0.3, 0.4) is 0 Å². The van der Waals surface area contributed by atoms with Gasteiger partial charge in [-0.1, -0.05) is 18.6 Å². The average Bonchev–Trinajstić information content (AvgIpc) is 3.08. The molecule has 1 aromatic heterocycles. The number of amides is 2. The van der Waals surface area contributed by atoms with Gasteiger partial charge in [-0.25, -0.2) is 4.98 Å². The van der Waals surface area contributed by atoms with Crippen molar-refractivity contribution in [1.82, 2.24) is 14.5 Å². The quantitative estimate of drug-likeness (QED) is 0.604. The van der Waals surface area contributed by atoms with Gasteiger partial charge in [0.05, 0.1) is 23.1 Å². The van der Waals surface area contributed by atoms with Gasteiger partial charge in [-0.15, -0.1) is 0 Å². The second-order valence-corrected chi connectivity index (χ2v) is 8.75. The van der Waals surface area contributed by atoms with Crippen molar-refractivity contribution < 1.29 is 14.3 Å². The zero-order valence-electron chi connectivity index (χ0n) is 18.8. The van der Waals surface area contributed by atoms with E-state index in [4.69, 9.17) is 9.72 Å². The monoisotopic (exact) mass is 446 g/mol. The molecule has 3 aromatic rings. The van der Waals surface area contributed by atoms with Crippen LogP contribution >= 0.6 is 0 Å². The standard InChI is InChI=1S/C25H26N4O4/c1-27(2)25(32)21-15-29(19-8-5-6-9-20(19)33-21)23(30)16-11-12-17-18(14-16)26-22-10-4-3-7-13-28(22)24(17)31/h5-6,8-9,11-12,14,21H,3-4,7,10,13,15H2,1-2H3/t21-/m1/s1. The number of aryl methyl sites for hydroxylation is 1. The van der Waals surface area contributed by atoms with Crippen molar-refractivity contribution in [3.63, 3.8) is 0 Å². The van der Waals surface area contributed by atoms with Crippen molar-refractivity contribution in [2.45, 2.75) is 38.3 Å². The van der Waals surface area contributed by atoms with Gasteiger partial charge in [0, 0.05) is 32.6 Å². The topological polar surface area (TPSA) is 84.7 Å². The van der Waals surface area contributed by atoms with Crippen LogP contribution in [-0.4, -0.2) is 53.0 Å². The number of aromatic nitrogens is 2. The third kappa shape index (κ3) is 3.75. The van der Waals surface area contributed by atoms with Crippen molar-refractivity contribution in [2.75, 3.05) is 25.5 Å². The molecule has 33 heavy (non-hydrogen) atoms. The molecule has 5 rings (SSSR count). The fourth-order valence-corrected chi connectivity index (χ4v) is 4.55. The normalized spacial score (nSPS) is 17.5. The molecule has 3 heterocycles. The van der Waals surface area contributed by atoms with E-state index in [9.17, 15) is 14.4 Å². The van der Waals surface area contributed by atoms with E-state index in [-0.39, 0.29) is 23.9 Å². The van der Waals surface area contributed by atoms with Gasteiger partial charge in [-0.2, -0.15) is 0 Å². The van der Waals surface area contributed by atoms with Gasteiger partial charge < -0.3 is 14.5 Å². The molecule has 0 saturated heterocycles. The molecule has 1 atom stereocenters. The van der Waals surface area contributed by atoms with Crippen molar-refractivity contribution in [3.05, 3.63) is 64.2 Å². The Kier molecular flexibility index (Phi) is 5.36. The third-order valence-electron chi connectivity index (χ3n) is 6.30. The summed E-state index contributed by atoms with van der Waals surface area (Å²) in [5.41, 5.74) is 1.51. The zero-order valence-corrected chi connectivity index (χ0v) is 18.8. The summed E-state index contributed by atoms with van der Waals surface area (Å²) in [6, 6.07) is 12.2. The van der Waals surface area contributed by atoms with Gasteiger partial charge in [0.1, 0.15) is 11.6 Å². The van der Waals surface area contributed by atoms with E-state index < -0.39 is 6.10 Å². The van der Waals surface area contributed by atoms with E-state index in [0.717, 1.165) is 31.5 Å². The lowest BCUT2D eigenvalue weighted by atomic mass is 10.1. The number of hydrogen-bond donors (Lipinski definition) is 0. The molecule has 2 aliphatic rings. The Labute approximate surface area is 191 Å². The van der Waals surface area contributed by atoms with Crippen molar-refractivity contribution >= 4 is 28.4 Å². The number of carbonyl (C=O) groups excluding carboxylic acids is 2. The maximum absolute atomic E-state index is 13.6. The molecule has 0 bridgehead atoms. The molecule has 8 heteroatoms. The van der Waals surface area contributed by atoms with Crippen LogP contribution in [0.4, 0.5) is 5.69 Å². The summed E-state index contributed by atoms with van der Waals surface area (Å²) in [7, 11) is 3.32. The van der Waals surface area contributed by atoms with E-state index in [1.165, 1.54) is 4.90 Å². The minimum atomic E-state index is -0.794. The number of para-hydroxylation sites is 2. The maximum atomic E-state index is 13.6. The molecular formula is C25H26N4O4. The lowest BCUT2D eigenvalue weighted by Gasteiger charge is -2.35. The predicted molar refractivity (Wildman–Crippen MR) is 125 cm³/mol. The number of likely N-dealkylation sites (N-methyl/N-ethyl adjacent to an activating group) is 1. The molecule has 0 N–H and O–H groups in total. The molecule has 0 saturated carbocycles. The largest absolute Gasteiger partial charge is 0.476 e. The summed E-state index contributed by atoms with van der Waals surface area (Å²) in [6.07, 6.45) is 3.01. The molecule has 0 radical (unpaired) electrons. The smallest absolute Gasteiger partial charge is 0.265 e. The average molecular weight is 447 g/mol. The highest BCUT2D eigenvalue weighted by Crippen LogP contribution is 2.34. The Morgan fingerprint density at radius 2 is 1.91 bits per heavy atom. The fourth-order valence-electron chi connectivity index (χ4n) is 4.55. The second kappa shape index (κ2) is 8.35. The molecule has 170 valence electrons. The first-order valence-electron chi connectivity index (χ1n) is 11.3. The van der Waals surface area contributed by atoms with Crippen LogP contribution in [0, 0.1) is 0 Å². The van der Waals surface area contributed by atoms with Gasteiger partial charge in [-0.05, 0) is 43.2 Å². The minimum Gasteiger partial charge on any atom is -0.476 e. The number of nitrogens with zero attached hydrogens (tertiary/aromatic N) is 4. The Balaban J connectivity index is 1.55. The zero-order chi connectivity index (χ0) is 23.1. The first-order valence-corrected chi connectivity index (χ1v) is 11.3. The Bertz CT molecular complexity index is 1310. The Morgan fingerprint density at radius 3 is 2.73 bits per heavy atom. The molecular weight excluding hydrogens is 420 g/mol. The highest BCUT2D eigenvalue weighted by molar-refractivity contribution is 6.09. The van der Waals surface area contributed by atoms with Crippen LogP contribution in [0.15, 0.2) is 47.3 Å². The maximum Gasteiger partial charge on any atom is 0.265 e. The number of hydrogen-bond acceptors (Lipinski definition) is 5. The second-order valence-electron chi connectivity index (χ2n) is 8.75. The summed E-state index contributed by atoms with van der Waals surface area (Å²) < 4.78 is 7.66. The number of carbonyl (C=O) groups is 2. The Morgan fingerprint density at radius 1 is 1.09 bits per heavy atom. The van der Waals surface area contributed by atoms with Crippen LogP contribution in [-0.2, 0) is 17.8 Å². The summed E-state index contributed by atoms with van der Waals surface area (Å²) in [6.45, 7) is 0.787. The van der Waals surface area contributed by atoms with Crippen LogP contribution in [0.1, 0.15) is 35.4 Å². The molecule has 8 nitrogen and oxygen atoms in total. The minimum absolute atomic E-state index is 0.0516. The first kappa shape index (κ1) is 21.2. The molecule has 0 aliphatic carbocycles. The number of benzene rings is 2. The Hall–Kier alpha value is -3.68. The summed E-state index contributed by atoms with van der Waals surface area (Å²) in [5.74, 6) is 0.794. The first-order chi connectivity index (χ1) is 15.9. The molecule has 2 aliphatic heterocycles. The number of rotatable bonds is 2. The van der Waals surface area contributed by atoms with Crippen LogP contribution < -0.4 is 15.2 Å².